The summed E-state index contributed by atoms with van der Waals surface area (Å²) >= 11 is 0. The first-order chi connectivity index (χ1) is 14.7. The van der Waals surface area contributed by atoms with E-state index in [0.717, 1.165) is 36.5 Å². The maximum atomic E-state index is 12.7. The van der Waals surface area contributed by atoms with Gasteiger partial charge in [-0.05, 0) is 49.7 Å². The zero-order valence-corrected chi connectivity index (χ0v) is 17.4. The fourth-order valence-electron chi connectivity index (χ4n) is 2.82. The largest absolute Gasteiger partial charge is 0.416 e. The van der Waals surface area contributed by atoms with Crippen LogP contribution in [0.15, 0.2) is 53.6 Å². The molecule has 9 heteroatoms. The van der Waals surface area contributed by atoms with Crippen LogP contribution in [0, 0.1) is 0 Å². The van der Waals surface area contributed by atoms with Gasteiger partial charge in [0.1, 0.15) is 0 Å². The number of carbonyl (C=O) groups excluding carboxylic acids is 2. The van der Waals surface area contributed by atoms with Crippen LogP contribution in [-0.2, 0) is 15.8 Å². The quantitative estimate of drug-likeness (QED) is 0.453. The van der Waals surface area contributed by atoms with Gasteiger partial charge in [-0.15, -0.1) is 0 Å². The third-order valence-electron chi connectivity index (χ3n) is 4.48. The lowest BCUT2D eigenvalue weighted by Crippen LogP contribution is -2.21. The molecule has 0 fully saturated rings. The van der Waals surface area contributed by atoms with Crippen molar-refractivity contribution >= 4 is 29.4 Å². The fourth-order valence-corrected chi connectivity index (χ4v) is 2.82. The predicted octanol–water partition coefficient (Wildman–Crippen LogP) is 4.42. The third-order valence-corrected chi connectivity index (χ3v) is 4.48. The normalized spacial score (nSPS) is 11.4. The van der Waals surface area contributed by atoms with Crippen LogP contribution in [0.4, 0.5) is 24.5 Å². The number of alkyl halides is 3. The number of amides is 2. The van der Waals surface area contributed by atoms with Crippen LogP contribution < -0.4 is 15.6 Å². The average molecular weight is 434 g/mol. The Balaban J connectivity index is 1.78. The molecule has 0 saturated heterocycles. The summed E-state index contributed by atoms with van der Waals surface area (Å²) < 4.78 is 38.1. The second-order valence-electron chi connectivity index (χ2n) is 6.68. The van der Waals surface area contributed by atoms with Gasteiger partial charge in [0.15, 0.2) is 0 Å². The minimum absolute atomic E-state index is 0.0198. The molecule has 2 aromatic carbocycles. The zero-order valence-electron chi connectivity index (χ0n) is 17.4. The molecule has 0 heterocycles. The molecular weight excluding hydrogens is 409 g/mol. The summed E-state index contributed by atoms with van der Waals surface area (Å²) in [4.78, 5) is 25.9. The molecule has 0 bridgehead atoms. The monoisotopic (exact) mass is 434 g/mol. The molecule has 2 amide bonds. The van der Waals surface area contributed by atoms with E-state index in [-0.39, 0.29) is 18.5 Å². The Kier molecular flexibility index (Phi) is 8.60. The SMILES string of the molecule is CCN(CC)c1ccc(C=NNC(=O)CCC(=O)Nc2cccc(C(F)(F)F)c2)cc1. The number of rotatable bonds is 9. The molecular formula is C22H25F3N4O2. The van der Waals surface area contributed by atoms with Crippen molar-refractivity contribution in [3.63, 3.8) is 0 Å². The maximum Gasteiger partial charge on any atom is 0.416 e. The summed E-state index contributed by atoms with van der Waals surface area (Å²) in [5.74, 6) is -1.04. The van der Waals surface area contributed by atoms with E-state index in [9.17, 15) is 22.8 Å². The van der Waals surface area contributed by atoms with Gasteiger partial charge in [0, 0.05) is 37.3 Å². The van der Waals surface area contributed by atoms with E-state index in [1.54, 1.807) is 0 Å². The smallest absolute Gasteiger partial charge is 0.372 e. The van der Waals surface area contributed by atoms with Crippen molar-refractivity contribution in [1.29, 1.82) is 0 Å². The van der Waals surface area contributed by atoms with Gasteiger partial charge in [-0.3, -0.25) is 9.59 Å². The van der Waals surface area contributed by atoms with Gasteiger partial charge in [0.2, 0.25) is 11.8 Å². The maximum absolute atomic E-state index is 12.7. The second kappa shape index (κ2) is 11.1. The first kappa shape index (κ1) is 23.9. The van der Waals surface area contributed by atoms with Crippen molar-refractivity contribution in [2.75, 3.05) is 23.3 Å². The highest BCUT2D eigenvalue weighted by Crippen LogP contribution is 2.30. The summed E-state index contributed by atoms with van der Waals surface area (Å²) in [7, 11) is 0. The van der Waals surface area contributed by atoms with Crippen LogP contribution in [0.2, 0.25) is 0 Å². The number of nitrogens with zero attached hydrogens (tertiary/aromatic N) is 2. The van der Waals surface area contributed by atoms with Gasteiger partial charge >= 0.3 is 6.18 Å². The van der Waals surface area contributed by atoms with Crippen LogP contribution >= 0.6 is 0 Å². The molecule has 0 unspecified atom stereocenters. The van der Waals surface area contributed by atoms with Crippen molar-refractivity contribution in [1.82, 2.24) is 5.43 Å². The number of hydrogen-bond acceptors (Lipinski definition) is 4. The number of anilines is 2. The third kappa shape index (κ3) is 7.76. The summed E-state index contributed by atoms with van der Waals surface area (Å²) in [6, 6.07) is 12.0. The fraction of sp³-hybridized carbons (Fsp3) is 0.318. The molecule has 0 aliphatic rings. The van der Waals surface area contributed by atoms with E-state index >= 15 is 0 Å². The van der Waals surface area contributed by atoms with Crippen molar-refractivity contribution in [3.8, 4) is 0 Å². The molecule has 0 radical (unpaired) electrons. The first-order valence-corrected chi connectivity index (χ1v) is 9.87. The number of halogens is 3. The molecule has 31 heavy (non-hydrogen) atoms. The van der Waals surface area contributed by atoms with E-state index in [1.807, 2.05) is 24.3 Å². The highest BCUT2D eigenvalue weighted by molar-refractivity contribution is 5.93. The van der Waals surface area contributed by atoms with Crippen LogP contribution in [0.1, 0.15) is 37.8 Å². The Hall–Kier alpha value is -3.36. The van der Waals surface area contributed by atoms with Gasteiger partial charge in [0.25, 0.3) is 0 Å². The van der Waals surface area contributed by atoms with E-state index < -0.39 is 23.6 Å². The molecule has 2 aromatic rings. The molecule has 0 aliphatic carbocycles. The predicted molar refractivity (Wildman–Crippen MR) is 115 cm³/mol. The standard InChI is InChI=1S/C22H25F3N4O2/c1-3-29(4-2)19-10-8-16(9-11-19)15-26-28-21(31)13-12-20(30)27-18-7-5-6-17(14-18)22(23,24)25/h5-11,14-15H,3-4,12-13H2,1-2H3,(H,27,30)(H,28,31). The Morgan fingerprint density at radius 2 is 1.65 bits per heavy atom. The molecule has 0 spiro atoms. The highest BCUT2D eigenvalue weighted by atomic mass is 19.4. The number of hydrazone groups is 1. The lowest BCUT2D eigenvalue weighted by atomic mass is 10.2. The van der Waals surface area contributed by atoms with Crippen molar-refractivity contribution in [2.45, 2.75) is 32.9 Å². The Labute approximate surface area is 179 Å². The Morgan fingerprint density at radius 1 is 1.00 bits per heavy atom. The summed E-state index contributed by atoms with van der Waals surface area (Å²) in [6.07, 6.45) is -3.34. The number of carbonyl (C=O) groups is 2. The molecule has 166 valence electrons. The van der Waals surface area contributed by atoms with Crippen molar-refractivity contribution in [2.24, 2.45) is 5.10 Å². The Bertz CT molecular complexity index is 908. The van der Waals surface area contributed by atoms with E-state index in [0.29, 0.717) is 0 Å². The van der Waals surface area contributed by atoms with Crippen LogP contribution in [-0.4, -0.2) is 31.1 Å². The van der Waals surface area contributed by atoms with Crippen LogP contribution in [0.5, 0.6) is 0 Å². The van der Waals surface area contributed by atoms with Crippen LogP contribution in [0.25, 0.3) is 0 Å². The Morgan fingerprint density at radius 3 is 2.26 bits per heavy atom. The summed E-state index contributed by atoms with van der Waals surface area (Å²) in [5.41, 5.74) is 3.39. The van der Waals surface area contributed by atoms with Gasteiger partial charge in [-0.2, -0.15) is 18.3 Å². The lowest BCUT2D eigenvalue weighted by molar-refractivity contribution is -0.137. The molecule has 0 atom stereocenters. The highest BCUT2D eigenvalue weighted by Gasteiger charge is 2.30. The topological polar surface area (TPSA) is 73.8 Å². The minimum atomic E-state index is -4.50. The number of hydrogen-bond donors (Lipinski definition) is 2. The molecule has 2 rings (SSSR count). The first-order valence-electron chi connectivity index (χ1n) is 9.87. The molecule has 0 aromatic heterocycles. The van der Waals surface area contributed by atoms with Gasteiger partial charge in [-0.25, -0.2) is 5.43 Å². The summed E-state index contributed by atoms with van der Waals surface area (Å²) in [5, 5.41) is 6.22. The molecule has 2 N–H and O–H groups in total. The van der Waals surface area contributed by atoms with Crippen molar-refractivity contribution < 1.29 is 22.8 Å². The summed E-state index contributed by atoms with van der Waals surface area (Å²) in [6.45, 7) is 5.96. The molecule has 0 saturated carbocycles. The van der Waals surface area contributed by atoms with Crippen LogP contribution in [0.3, 0.4) is 0 Å². The van der Waals surface area contributed by atoms with Gasteiger partial charge < -0.3 is 10.2 Å². The van der Waals surface area contributed by atoms with Crippen molar-refractivity contribution in [3.05, 3.63) is 59.7 Å². The number of benzene rings is 2. The minimum Gasteiger partial charge on any atom is -0.372 e. The van der Waals surface area contributed by atoms with Gasteiger partial charge in [0.05, 0.1) is 11.8 Å². The number of nitrogens with one attached hydrogen (secondary N) is 2. The van der Waals surface area contributed by atoms with E-state index in [2.05, 4.69) is 34.6 Å². The zero-order chi connectivity index (χ0) is 22.9. The second-order valence-corrected chi connectivity index (χ2v) is 6.68. The van der Waals surface area contributed by atoms with E-state index in [1.165, 1.54) is 18.3 Å². The average Bonchev–Trinajstić information content (AvgIpc) is 2.74. The molecule has 6 nitrogen and oxygen atoms in total. The lowest BCUT2D eigenvalue weighted by Gasteiger charge is -2.20. The van der Waals surface area contributed by atoms with E-state index in [4.69, 9.17) is 0 Å². The molecule has 0 aliphatic heterocycles. The van der Waals surface area contributed by atoms with Gasteiger partial charge in [-0.1, -0.05) is 18.2 Å².